The molecule has 0 aromatic carbocycles. The molecule has 0 saturated heterocycles. The molecular formula is C18H35N3O. The summed E-state index contributed by atoms with van der Waals surface area (Å²) in [5.41, 5.74) is 0.986. The van der Waals surface area contributed by atoms with E-state index in [1.54, 1.807) is 12.1 Å². The fraction of sp³-hybridized carbons (Fsp3) is 0.722. The second-order valence-electron chi connectivity index (χ2n) is 5.49. The van der Waals surface area contributed by atoms with Gasteiger partial charge >= 0.3 is 0 Å². The molecule has 0 bridgehead atoms. The van der Waals surface area contributed by atoms with Gasteiger partial charge in [-0.05, 0) is 50.3 Å². The molecule has 128 valence electrons. The normalized spacial score (nSPS) is 15.8. The van der Waals surface area contributed by atoms with Crippen LogP contribution in [0.3, 0.4) is 0 Å². The molecular weight excluding hydrogens is 274 g/mol. The highest BCUT2D eigenvalue weighted by Crippen LogP contribution is 2.34. The number of carbonyl (C=O) groups is 1. The fourth-order valence-electron chi connectivity index (χ4n) is 2.06. The molecule has 0 radical (unpaired) electrons. The smallest absolute Gasteiger partial charge is 0.170 e. The molecule has 1 aliphatic rings. The summed E-state index contributed by atoms with van der Waals surface area (Å²) >= 11 is 0. The quantitative estimate of drug-likeness (QED) is 0.816. The van der Waals surface area contributed by atoms with Gasteiger partial charge in [0.05, 0.1) is 0 Å². The van der Waals surface area contributed by atoms with Gasteiger partial charge in [0.15, 0.2) is 6.29 Å². The molecule has 22 heavy (non-hydrogen) atoms. The van der Waals surface area contributed by atoms with Crippen LogP contribution in [0.5, 0.6) is 0 Å². The van der Waals surface area contributed by atoms with Gasteiger partial charge in [0.1, 0.15) is 5.69 Å². The first-order valence-corrected chi connectivity index (χ1v) is 8.47. The molecule has 0 atom stereocenters. The molecule has 1 aromatic heterocycles. The lowest BCUT2D eigenvalue weighted by atomic mass is 9.76. The first-order chi connectivity index (χ1) is 10.6. The molecule has 0 unspecified atom stereocenters. The number of hydrogen-bond acceptors (Lipinski definition) is 4. The molecule has 1 N–H and O–H groups in total. The van der Waals surface area contributed by atoms with Crippen molar-refractivity contribution in [1.82, 2.24) is 15.5 Å². The van der Waals surface area contributed by atoms with Gasteiger partial charge in [-0.2, -0.15) is 5.10 Å². The molecule has 1 heterocycles. The molecule has 1 aromatic rings. The third kappa shape index (κ3) is 11.4. The van der Waals surface area contributed by atoms with Gasteiger partial charge in [0.25, 0.3) is 0 Å². The van der Waals surface area contributed by atoms with Crippen LogP contribution in [0.4, 0.5) is 0 Å². The van der Waals surface area contributed by atoms with Crippen LogP contribution >= 0.6 is 0 Å². The maximum atomic E-state index is 9.90. The van der Waals surface area contributed by atoms with Crippen LogP contribution in [-0.4, -0.2) is 29.6 Å². The van der Waals surface area contributed by atoms with Crippen LogP contribution in [0, 0.1) is 5.41 Å². The maximum Gasteiger partial charge on any atom is 0.170 e. The van der Waals surface area contributed by atoms with Gasteiger partial charge < -0.3 is 5.32 Å². The number of rotatable bonds is 2. The third-order valence-electron chi connectivity index (χ3n) is 3.46. The molecule has 1 saturated carbocycles. The highest BCUT2D eigenvalue weighted by molar-refractivity contribution is 5.70. The van der Waals surface area contributed by atoms with Crippen LogP contribution in [0.25, 0.3) is 0 Å². The summed E-state index contributed by atoms with van der Waals surface area (Å²) in [4.78, 5) is 9.90. The first kappa shape index (κ1) is 23.0. The Balaban J connectivity index is 0. The van der Waals surface area contributed by atoms with Gasteiger partial charge in [-0.3, -0.25) is 4.79 Å². The van der Waals surface area contributed by atoms with E-state index in [-0.39, 0.29) is 0 Å². The zero-order valence-electron chi connectivity index (χ0n) is 15.5. The number of nitrogens with zero attached hydrogens (tertiary/aromatic N) is 2. The number of hydrogen-bond donors (Lipinski definition) is 1. The molecule has 0 aliphatic heterocycles. The predicted molar refractivity (Wildman–Crippen MR) is 95.2 cm³/mol. The minimum atomic E-state index is 0.368. The lowest BCUT2D eigenvalue weighted by Crippen LogP contribution is -2.33. The topological polar surface area (TPSA) is 54.9 Å². The Hall–Kier alpha value is -1.29. The summed E-state index contributed by atoms with van der Waals surface area (Å²) < 4.78 is 0. The van der Waals surface area contributed by atoms with Crippen molar-refractivity contribution in [1.29, 1.82) is 0 Å². The van der Waals surface area contributed by atoms with Crippen molar-refractivity contribution in [2.24, 2.45) is 5.41 Å². The molecule has 0 amide bonds. The Morgan fingerprint density at radius 1 is 1.18 bits per heavy atom. The van der Waals surface area contributed by atoms with E-state index >= 15 is 0 Å². The van der Waals surface area contributed by atoms with Crippen molar-refractivity contribution < 1.29 is 4.79 Å². The SMILES string of the molecule is CC.CC.CNC1CCC(C)(C)CC1.O=Cc1cccnn1. The van der Waals surface area contributed by atoms with Gasteiger partial charge in [-0.15, -0.1) is 5.10 Å². The van der Waals surface area contributed by atoms with Crippen molar-refractivity contribution in [2.45, 2.75) is 73.3 Å². The zero-order valence-corrected chi connectivity index (χ0v) is 15.5. The van der Waals surface area contributed by atoms with E-state index in [2.05, 4.69) is 36.4 Å². The molecule has 2 rings (SSSR count). The van der Waals surface area contributed by atoms with Crippen LogP contribution in [0.1, 0.15) is 77.7 Å². The molecule has 0 spiro atoms. The average molecular weight is 309 g/mol. The van der Waals surface area contributed by atoms with E-state index < -0.39 is 0 Å². The summed E-state index contributed by atoms with van der Waals surface area (Å²) in [6.45, 7) is 12.7. The Morgan fingerprint density at radius 2 is 1.73 bits per heavy atom. The molecule has 1 aliphatic carbocycles. The van der Waals surface area contributed by atoms with Crippen LogP contribution in [-0.2, 0) is 0 Å². The lowest BCUT2D eigenvalue weighted by Gasteiger charge is -2.33. The predicted octanol–water partition coefficient (Wildman–Crippen LogP) is 4.52. The Labute approximate surface area is 137 Å². The van der Waals surface area contributed by atoms with Crippen molar-refractivity contribution >= 4 is 6.29 Å². The monoisotopic (exact) mass is 309 g/mol. The van der Waals surface area contributed by atoms with E-state index in [0.29, 0.717) is 17.4 Å². The largest absolute Gasteiger partial charge is 0.317 e. The second kappa shape index (κ2) is 14.6. The van der Waals surface area contributed by atoms with Gasteiger partial charge in [-0.1, -0.05) is 41.5 Å². The second-order valence-corrected chi connectivity index (χ2v) is 5.49. The molecule has 1 fully saturated rings. The van der Waals surface area contributed by atoms with Gasteiger partial charge in [-0.25, -0.2) is 0 Å². The number of nitrogens with one attached hydrogen (secondary N) is 1. The van der Waals surface area contributed by atoms with Crippen molar-refractivity contribution in [3.8, 4) is 0 Å². The number of carbonyl (C=O) groups excluding carboxylic acids is 1. The van der Waals surface area contributed by atoms with E-state index in [1.807, 2.05) is 27.7 Å². The van der Waals surface area contributed by atoms with Crippen molar-refractivity contribution in [3.05, 3.63) is 24.0 Å². The van der Waals surface area contributed by atoms with Crippen LogP contribution in [0.15, 0.2) is 18.3 Å². The van der Waals surface area contributed by atoms with E-state index in [1.165, 1.54) is 31.9 Å². The first-order valence-electron chi connectivity index (χ1n) is 8.47. The van der Waals surface area contributed by atoms with E-state index in [4.69, 9.17) is 0 Å². The Morgan fingerprint density at radius 3 is 2.05 bits per heavy atom. The third-order valence-corrected chi connectivity index (χ3v) is 3.46. The fourth-order valence-corrected chi connectivity index (χ4v) is 2.06. The Bertz CT molecular complexity index is 343. The van der Waals surface area contributed by atoms with Crippen LogP contribution < -0.4 is 5.32 Å². The number of aromatic nitrogens is 2. The Kier molecular flexibility index (Phi) is 15.3. The maximum absolute atomic E-state index is 9.90. The standard InChI is InChI=1S/C9H19N.C5H4N2O.2C2H6/c1-9(2)6-4-8(10-3)5-7-9;8-4-5-2-1-3-6-7-5;2*1-2/h8,10H,4-7H2,1-3H3;1-4H;2*1-2H3. The summed E-state index contributed by atoms with van der Waals surface area (Å²) in [5, 5.41) is 10.3. The zero-order chi connectivity index (χ0) is 17.4. The number of aldehydes is 1. The van der Waals surface area contributed by atoms with Gasteiger partial charge in [0, 0.05) is 12.2 Å². The van der Waals surface area contributed by atoms with Crippen LogP contribution in [0.2, 0.25) is 0 Å². The lowest BCUT2D eigenvalue weighted by molar-refractivity contribution is 0.111. The summed E-state index contributed by atoms with van der Waals surface area (Å²) in [5.74, 6) is 0. The minimum absolute atomic E-state index is 0.368. The average Bonchev–Trinajstić information content (AvgIpc) is 2.60. The van der Waals surface area contributed by atoms with E-state index in [0.717, 1.165) is 6.04 Å². The van der Waals surface area contributed by atoms with E-state index in [9.17, 15) is 4.79 Å². The summed E-state index contributed by atoms with van der Waals surface area (Å²) in [7, 11) is 2.07. The molecule has 4 nitrogen and oxygen atoms in total. The molecule has 4 heteroatoms. The highest BCUT2D eigenvalue weighted by Gasteiger charge is 2.25. The van der Waals surface area contributed by atoms with Gasteiger partial charge in [0.2, 0.25) is 0 Å². The highest BCUT2D eigenvalue weighted by atomic mass is 16.1. The van der Waals surface area contributed by atoms with Crippen molar-refractivity contribution in [3.63, 3.8) is 0 Å². The summed E-state index contributed by atoms with van der Waals surface area (Å²) in [6, 6.07) is 4.06. The minimum Gasteiger partial charge on any atom is -0.317 e. The summed E-state index contributed by atoms with van der Waals surface area (Å²) in [6.07, 6.45) is 7.68. The van der Waals surface area contributed by atoms with Crippen molar-refractivity contribution in [2.75, 3.05) is 7.05 Å².